The van der Waals surface area contributed by atoms with Gasteiger partial charge in [0, 0.05) is 38.4 Å². The fraction of sp³-hybridized carbons (Fsp3) is 0.400. The summed E-state index contributed by atoms with van der Waals surface area (Å²) < 4.78 is 12.4. The summed E-state index contributed by atoms with van der Waals surface area (Å²) in [5.41, 5.74) is 3.30. The number of amides is 1. The van der Waals surface area contributed by atoms with E-state index in [1.165, 1.54) is 11.8 Å². The highest BCUT2D eigenvalue weighted by Gasteiger charge is 2.22. The smallest absolute Gasteiger partial charge is 0.338 e. The third-order valence-electron chi connectivity index (χ3n) is 5.94. The molecular weight excluding hydrogens is 452 g/mol. The van der Waals surface area contributed by atoms with Gasteiger partial charge in [-0.3, -0.25) is 4.79 Å². The van der Waals surface area contributed by atoms with Crippen LogP contribution in [0, 0.1) is 0 Å². The van der Waals surface area contributed by atoms with Crippen LogP contribution in [-0.4, -0.2) is 72.0 Å². The number of methoxy groups -OCH3 is 1. The lowest BCUT2D eigenvalue weighted by molar-refractivity contribution is -0.128. The van der Waals surface area contributed by atoms with Crippen LogP contribution in [0.15, 0.2) is 47.6 Å². The molecule has 1 aromatic heterocycles. The molecule has 0 aliphatic carbocycles. The Bertz CT molecular complexity index is 1150. The minimum absolute atomic E-state index is 0.112. The number of imidazole rings is 1. The molecule has 3 aromatic rings. The van der Waals surface area contributed by atoms with Crippen LogP contribution in [0.1, 0.15) is 24.2 Å². The monoisotopic (exact) mass is 482 g/mol. The maximum Gasteiger partial charge on any atom is 0.338 e. The normalized spacial score (nSPS) is 13.9. The van der Waals surface area contributed by atoms with E-state index in [2.05, 4.69) is 21.6 Å². The average Bonchev–Trinajstić information content (AvgIpc) is 3.24. The number of hydrogen-bond donors (Lipinski definition) is 0. The molecule has 1 saturated heterocycles. The highest BCUT2D eigenvalue weighted by Crippen LogP contribution is 2.26. The molecule has 0 spiro atoms. The Morgan fingerprint density at radius 3 is 2.41 bits per heavy atom. The Balaban J connectivity index is 1.36. The minimum atomic E-state index is -0.353. The Morgan fingerprint density at radius 2 is 1.76 bits per heavy atom. The van der Waals surface area contributed by atoms with Crippen LogP contribution in [0.4, 0.5) is 5.69 Å². The zero-order valence-corrected chi connectivity index (χ0v) is 20.6. The fourth-order valence-electron chi connectivity index (χ4n) is 4.09. The summed E-state index contributed by atoms with van der Waals surface area (Å²) >= 11 is 1.44. The molecule has 1 aliphatic rings. The summed E-state index contributed by atoms with van der Waals surface area (Å²) in [7, 11) is 1.66. The van der Waals surface area contributed by atoms with Crippen molar-refractivity contribution < 1.29 is 19.1 Å². The lowest BCUT2D eigenvalue weighted by Crippen LogP contribution is -2.49. The number of anilines is 1. The predicted molar refractivity (Wildman–Crippen MR) is 134 cm³/mol. The first-order valence-electron chi connectivity index (χ1n) is 11.5. The number of nitrogens with zero attached hydrogens (tertiary/aromatic N) is 4. The Labute approximate surface area is 203 Å². The van der Waals surface area contributed by atoms with Crippen molar-refractivity contribution in [2.24, 2.45) is 0 Å². The number of aromatic nitrogens is 2. The van der Waals surface area contributed by atoms with Gasteiger partial charge in [0.05, 0.1) is 36.1 Å². The first kappa shape index (κ1) is 23.9. The fourth-order valence-corrected chi connectivity index (χ4v) is 5.07. The number of rotatable bonds is 8. The highest BCUT2D eigenvalue weighted by molar-refractivity contribution is 7.99. The van der Waals surface area contributed by atoms with E-state index in [0.29, 0.717) is 31.0 Å². The molecule has 2 heterocycles. The predicted octanol–water partition coefficient (Wildman–Crippen LogP) is 3.68. The molecule has 0 saturated carbocycles. The van der Waals surface area contributed by atoms with E-state index in [0.717, 1.165) is 47.3 Å². The molecule has 180 valence electrons. The second-order valence-electron chi connectivity index (χ2n) is 7.92. The summed E-state index contributed by atoms with van der Waals surface area (Å²) in [4.78, 5) is 33.9. The van der Waals surface area contributed by atoms with Crippen LogP contribution < -0.4 is 9.64 Å². The van der Waals surface area contributed by atoms with E-state index >= 15 is 0 Å². The van der Waals surface area contributed by atoms with E-state index in [4.69, 9.17) is 14.5 Å². The zero-order chi connectivity index (χ0) is 24.1. The van der Waals surface area contributed by atoms with Gasteiger partial charge in [-0.1, -0.05) is 11.8 Å². The molecule has 1 aliphatic heterocycles. The topological polar surface area (TPSA) is 76.9 Å². The standard InChI is InChI=1S/C25H30N4O4S/c1-4-29-22-11-6-18(24(31)33-5-2)16-21(22)26-25(29)34-17-23(30)28-14-12-27(13-15-28)19-7-9-20(32-3)10-8-19/h6-11,16H,4-5,12-15,17H2,1-3H3. The van der Waals surface area contributed by atoms with Crippen molar-refractivity contribution in [2.45, 2.75) is 25.5 Å². The molecule has 0 radical (unpaired) electrons. The van der Waals surface area contributed by atoms with Crippen LogP contribution in [0.25, 0.3) is 11.0 Å². The number of fused-ring (bicyclic) bond motifs is 1. The molecule has 9 heteroatoms. The molecule has 0 bridgehead atoms. The number of esters is 1. The SMILES string of the molecule is CCOC(=O)c1ccc2c(c1)nc(SCC(=O)N1CCN(c3ccc(OC)cc3)CC1)n2CC. The van der Waals surface area contributed by atoms with Crippen molar-refractivity contribution in [3.05, 3.63) is 48.0 Å². The van der Waals surface area contributed by atoms with Gasteiger partial charge in [0.1, 0.15) is 5.75 Å². The summed E-state index contributed by atoms with van der Waals surface area (Å²) in [6.07, 6.45) is 0. The highest BCUT2D eigenvalue weighted by atomic mass is 32.2. The molecule has 0 atom stereocenters. The Morgan fingerprint density at radius 1 is 1.03 bits per heavy atom. The van der Waals surface area contributed by atoms with Crippen LogP contribution >= 0.6 is 11.8 Å². The summed E-state index contributed by atoms with van der Waals surface area (Å²) in [5.74, 6) is 0.927. The van der Waals surface area contributed by atoms with Crippen molar-refractivity contribution >= 4 is 40.4 Å². The third-order valence-corrected chi connectivity index (χ3v) is 6.90. The minimum Gasteiger partial charge on any atom is -0.497 e. The second kappa shape index (κ2) is 10.8. The Kier molecular flexibility index (Phi) is 7.62. The van der Waals surface area contributed by atoms with Crippen molar-refractivity contribution in [1.82, 2.24) is 14.5 Å². The number of thioether (sulfide) groups is 1. The number of benzene rings is 2. The molecule has 4 rings (SSSR count). The van der Waals surface area contributed by atoms with E-state index < -0.39 is 0 Å². The van der Waals surface area contributed by atoms with E-state index in [-0.39, 0.29) is 11.9 Å². The lowest BCUT2D eigenvalue weighted by atomic mass is 10.2. The van der Waals surface area contributed by atoms with Gasteiger partial charge in [0.25, 0.3) is 0 Å². The van der Waals surface area contributed by atoms with Gasteiger partial charge in [0.15, 0.2) is 5.16 Å². The summed E-state index contributed by atoms with van der Waals surface area (Å²) in [5, 5.41) is 0.781. The zero-order valence-electron chi connectivity index (χ0n) is 19.8. The molecular formula is C25H30N4O4S. The van der Waals surface area contributed by atoms with Crippen molar-refractivity contribution in [2.75, 3.05) is 50.5 Å². The van der Waals surface area contributed by atoms with Gasteiger partial charge in [0.2, 0.25) is 5.91 Å². The summed E-state index contributed by atoms with van der Waals surface area (Å²) in [6, 6.07) is 13.4. The van der Waals surface area contributed by atoms with Gasteiger partial charge < -0.3 is 23.8 Å². The van der Waals surface area contributed by atoms with Crippen molar-refractivity contribution in [3.63, 3.8) is 0 Å². The molecule has 0 unspecified atom stereocenters. The third kappa shape index (κ3) is 5.14. The average molecular weight is 483 g/mol. The van der Waals surface area contributed by atoms with Crippen LogP contribution in [0.2, 0.25) is 0 Å². The van der Waals surface area contributed by atoms with Crippen LogP contribution in [0.3, 0.4) is 0 Å². The molecule has 34 heavy (non-hydrogen) atoms. The van der Waals surface area contributed by atoms with Gasteiger partial charge in [-0.25, -0.2) is 9.78 Å². The number of ether oxygens (including phenoxy) is 2. The maximum atomic E-state index is 12.9. The number of aryl methyl sites for hydroxylation is 1. The van der Waals surface area contributed by atoms with Gasteiger partial charge in [-0.2, -0.15) is 0 Å². The van der Waals surface area contributed by atoms with E-state index in [9.17, 15) is 9.59 Å². The Hall–Kier alpha value is -3.20. The molecule has 8 nitrogen and oxygen atoms in total. The number of carbonyl (C=O) groups excluding carboxylic acids is 2. The van der Waals surface area contributed by atoms with Crippen molar-refractivity contribution in [1.29, 1.82) is 0 Å². The molecule has 0 N–H and O–H groups in total. The lowest BCUT2D eigenvalue weighted by Gasteiger charge is -2.36. The molecule has 2 aromatic carbocycles. The van der Waals surface area contributed by atoms with Gasteiger partial charge in [-0.15, -0.1) is 0 Å². The summed E-state index contributed by atoms with van der Waals surface area (Å²) in [6.45, 7) is 7.87. The molecule has 1 amide bonds. The van der Waals surface area contributed by atoms with E-state index in [1.54, 1.807) is 26.2 Å². The van der Waals surface area contributed by atoms with Gasteiger partial charge >= 0.3 is 5.97 Å². The number of piperazine rings is 1. The maximum absolute atomic E-state index is 12.9. The first-order valence-corrected chi connectivity index (χ1v) is 12.5. The van der Waals surface area contributed by atoms with Crippen LogP contribution in [-0.2, 0) is 16.1 Å². The number of hydrogen-bond acceptors (Lipinski definition) is 7. The molecule has 1 fully saturated rings. The van der Waals surface area contributed by atoms with Crippen molar-refractivity contribution in [3.8, 4) is 5.75 Å². The first-order chi connectivity index (χ1) is 16.5. The number of carbonyl (C=O) groups is 2. The van der Waals surface area contributed by atoms with Crippen LogP contribution in [0.5, 0.6) is 5.75 Å². The van der Waals surface area contributed by atoms with Gasteiger partial charge in [-0.05, 0) is 56.3 Å². The largest absolute Gasteiger partial charge is 0.497 e. The quantitative estimate of drug-likeness (QED) is 0.358. The second-order valence-corrected chi connectivity index (χ2v) is 8.86. The van der Waals surface area contributed by atoms with E-state index in [1.807, 2.05) is 30.0 Å².